The Morgan fingerprint density at radius 3 is 2.54 bits per heavy atom. The van der Waals surface area contributed by atoms with Crippen molar-refractivity contribution in [1.29, 1.82) is 0 Å². The van der Waals surface area contributed by atoms with Gasteiger partial charge in [-0.2, -0.15) is 4.68 Å². The van der Waals surface area contributed by atoms with Crippen molar-refractivity contribution in [2.24, 2.45) is 0 Å². The van der Waals surface area contributed by atoms with Gasteiger partial charge in [-0.05, 0) is 42.3 Å². The summed E-state index contributed by atoms with van der Waals surface area (Å²) in [4.78, 5) is 16.0. The van der Waals surface area contributed by atoms with E-state index in [1.165, 1.54) is 5.56 Å². The maximum absolute atomic E-state index is 11.8. The van der Waals surface area contributed by atoms with Gasteiger partial charge in [-0.1, -0.05) is 22.8 Å². The molecule has 2 saturated heterocycles. The molecule has 0 unspecified atom stereocenters. The van der Waals surface area contributed by atoms with E-state index in [2.05, 4.69) is 44.8 Å². The Hall–Kier alpha value is -2.64. The number of nitrogens with zero attached hydrogens (tertiary/aromatic N) is 6. The highest BCUT2D eigenvalue weighted by Gasteiger charge is 2.32. The number of benzene rings is 1. The normalized spacial score (nSPS) is 19.0. The summed E-state index contributed by atoms with van der Waals surface area (Å²) in [6, 6.07) is 8.54. The van der Waals surface area contributed by atoms with Crippen LogP contribution in [0, 0.1) is 6.92 Å². The lowest BCUT2D eigenvalue weighted by Gasteiger charge is -2.36. The molecule has 24 heavy (non-hydrogen) atoms. The average Bonchev–Trinajstić information content (AvgIpc) is 3.25. The molecule has 2 aromatic rings. The van der Waals surface area contributed by atoms with Gasteiger partial charge in [0.1, 0.15) is 0 Å². The second kappa shape index (κ2) is 6.10. The van der Waals surface area contributed by atoms with Crippen LogP contribution in [0.1, 0.15) is 18.4 Å². The van der Waals surface area contributed by atoms with Gasteiger partial charge < -0.3 is 15.1 Å². The molecule has 2 amide bonds. The average molecular weight is 327 g/mol. The van der Waals surface area contributed by atoms with E-state index in [-0.39, 0.29) is 6.03 Å². The third kappa shape index (κ3) is 2.68. The Morgan fingerprint density at radius 1 is 1.12 bits per heavy atom. The van der Waals surface area contributed by atoms with Crippen molar-refractivity contribution in [2.45, 2.75) is 25.8 Å². The minimum absolute atomic E-state index is 0.0675. The van der Waals surface area contributed by atoms with Crippen LogP contribution in [0.15, 0.2) is 24.3 Å². The van der Waals surface area contributed by atoms with E-state index in [1.54, 1.807) is 4.68 Å². The minimum atomic E-state index is 0.0675. The summed E-state index contributed by atoms with van der Waals surface area (Å²) in [7, 11) is 0. The summed E-state index contributed by atoms with van der Waals surface area (Å²) >= 11 is 0. The first kappa shape index (κ1) is 14.9. The lowest BCUT2D eigenvalue weighted by atomic mass is 10.0. The number of hydrogen-bond donors (Lipinski definition) is 1. The molecule has 2 fully saturated rings. The molecule has 126 valence electrons. The minimum Gasteiger partial charge on any atom is -0.339 e. The molecule has 1 aromatic carbocycles. The number of piperidine rings is 1. The highest BCUT2D eigenvalue weighted by Crippen LogP contribution is 2.23. The predicted octanol–water partition coefficient (Wildman–Crippen LogP) is 0.965. The number of urea groups is 1. The van der Waals surface area contributed by atoms with E-state index in [0.717, 1.165) is 50.7 Å². The van der Waals surface area contributed by atoms with Crippen molar-refractivity contribution < 1.29 is 4.79 Å². The molecular weight excluding hydrogens is 306 g/mol. The first-order valence-electron chi connectivity index (χ1n) is 8.37. The molecule has 8 heteroatoms. The largest absolute Gasteiger partial charge is 0.339 e. The smallest absolute Gasteiger partial charge is 0.317 e. The lowest BCUT2D eigenvalue weighted by molar-refractivity contribution is 0.186. The van der Waals surface area contributed by atoms with Crippen molar-refractivity contribution in [3.8, 4) is 5.69 Å². The Bertz CT molecular complexity index is 718. The molecular formula is C16H21N7O. The number of aromatic nitrogens is 4. The summed E-state index contributed by atoms with van der Waals surface area (Å²) in [6.45, 7) is 5.32. The van der Waals surface area contributed by atoms with Crippen LogP contribution >= 0.6 is 0 Å². The van der Waals surface area contributed by atoms with Crippen molar-refractivity contribution in [3.05, 3.63) is 29.8 Å². The molecule has 0 aliphatic carbocycles. The van der Waals surface area contributed by atoms with Gasteiger partial charge in [0, 0.05) is 32.2 Å². The number of carbonyl (C=O) groups is 1. The lowest BCUT2D eigenvalue weighted by Crippen LogP contribution is -2.46. The zero-order valence-electron chi connectivity index (χ0n) is 13.7. The summed E-state index contributed by atoms with van der Waals surface area (Å²) in [6.07, 6.45) is 1.88. The summed E-state index contributed by atoms with van der Waals surface area (Å²) in [5, 5.41) is 15.1. The van der Waals surface area contributed by atoms with Crippen LogP contribution < -0.4 is 10.2 Å². The number of anilines is 1. The highest BCUT2D eigenvalue weighted by molar-refractivity contribution is 5.76. The molecule has 0 bridgehead atoms. The van der Waals surface area contributed by atoms with Gasteiger partial charge in [-0.25, -0.2) is 4.79 Å². The zero-order chi connectivity index (χ0) is 16.5. The first-order valence-corrected chi connectivity index (χ1v) is 8.37. The third-order valence-electron chi connectivity index (χ3n) is 4.81. The predicted molar refractivity (Wildman–Crippen MR) is 89.2 cm³/mol. The first-order chi connectivity index (χ1) is 11.7. The van der Waals surface area contributed by atoms with Crippen LogP contribution in [0.3, 0.4) is 0 Å². The fraction of sp³-hybridized carbons (Fsp3) is 0.500. The van der Waals surface area contributed by atoms with Crippen molar-refractivity contribution in [2.75, 3.05) is 31.1 Å². The number of nitrogens with one attached hydrogen (secondary N) is 1. The van der Waals surface area contributed by atoms with Gasteiger partial charge in [0.15, 0.2) is 0 Å². The third-order valence-corrected chi connectivity index (χ3v) is 4.81. The molecule has 0 saturated carbocycles. The van der Waals surface area contributed by atoms with E-state index < -0.39 is 0 Å². The molecule has 0 atom stereocenters. The Morgan fingerprint density at radius 2 is 1.88 bits per heavy atom. The van der Waals surface area contributed by atoms with Crippen LogP contribution in [0.2, 0.25) is 0 Å². The molecule has 2 aliphatic heterocycles. The molecule has 1 N–H and O–H groups in total. The Balaban J connectivity index is 1.47. The maximum atomic E-state index is 11.8. The molecule has 0 spiro atoms. The van der Waals surface area contributed by atoms with E-state index in [0.29, 0.717) is 6.04 Å². The number of rotatable bonds is 3. The van der Waals surface area contributed by atoms with Crippen LogP contribution in [-0.4, -0.2) is 63.4 Å². The maximum Gasteiger partial charge on any atom is 0.317 e. The second-order valence-corrected chi connectivity index (χ2v) is 6.37. The number of amides is 2. The number of carbonyl (C=O) groups excluding carboxylic acids is 1. The van der Waals surface area contributed by atoms with Gasteiger partial charge in [0.05, 0.1) is 5.69 Å². The van der Waals surface area contributed by atoms with E-state index >= 15 is 0 Å². The van der Waals surface area contributed by atoms with Gasteiger partial charge in [-0.15, -0.1) is 0 Å². The van der Waals surface area contributed by atoms with E-state index in [1.807, 2.05) is 17.0 Å². The Labute approximate surface area is 140 Å². The number of hydrogen-bond acceptors (Lipinski definition) is 5. The molecule has 8 nitrogen and oxygen atoms in total. The van der Waals surface area contributed by atoms with Crippen LogP contribution in [0.25, 0.3) is 5.69 Å². The van der Waals surface area contributed by atoms with Crippen LogP contribution in [0.5, 0.6) is 0 Å². The summed E-state index contributed by atoms with van der Waals surface area (Å²) in [5.41, 5.74) is 2.17. The van der Waals surface area contributed by atoms with Gasteiger partial charge in [0.25, 0.3) is 0 Å². The van der Waals surface area contributed by atoms with Crippen molar-refractivity contribution >= 4 is 12.0 Å². The topological polar surface area (TPSA) is 79.2 Å². The molecule has 0 radical (unpaired) electrons. The Kier molecular flexibility index (Phi) is 3.79. The zero-order valence-corrected chi connectivity index (χ0v) is 13.7. The monoisotopic (exact) mass is 327 g/mol. The number of tetrazole rings is 1. The highest BCUT2D eigenvalue weighted by atomic mass is 16.2. The summed E-state index contributed by atoms with van der Waals surface area (Å²) in [5.74, 6) is 0.767. The SMILES string of the molecule is Cc1ccc(-n2nnnc2N2CCC(N3CCNC3=O)CC2)cc1. The van der Waals surface area contributed by atoms with Gasteiger partial charge in [0.2, 0.25) is 5.95 Å². The standard InChI is InChI=1S/C16H21N7O/c1-12-2-4-14(5-3-12)23-15(18-19-20-23)21-9-6-13(7-10-21)22-11-8-17-16(22)24/h2-5,13H,6-11H2,1H3,(H,17,24). The van der Waals surface area contributed by atoms with Crippen LogP contribution in [-0.2, 0) is 0 Å². The van der Waals surface area contributed by atoms with Crippen LogP contribution in [0.4, 0.5) is 10.7 Å². The van der Waals surface area contributed by atoms with Gasteiger partial charge in [-0.3, -0.25) is 0 Å². The second-order valence-electron chi connectivity index (χ2n) is 6.37. The van der Waals surface area contributed by atoms with E-state index in [4.69, 9.17) is 0 Å². The molecule has 3 heterocycles. The van der Waals surface area contributed by atoms with Crippen molar-refractivity contribution in [3.63, 3.8) is 0 Å². The van der Waals surface area contributed by atoms with Gasteiger partial charge >= 0.3 is 6.03 Å². The fourth-order valence-electron chi connectivity index (χ4n) is 3.44. The molecule has 1 aromatic heterocycles. The fourth-order valence-corrected chi connectivity index (χ4v) is 3.44. The van der Waals surface area contributed by atoms with E-state index in [9.17, 15) is 4.79 Å². The quantitative estimate of drug-likeness (QED) is 0.908. The summed E-state index contributed by atoms with van der Waals surface area (Å²) < 4.78 is 1.78. The molecule has 2 aliphatic rings. The molecule has 4 rings (SSSR count). The van der Waals surface area contributed by atoms with Crippen molar-refractivity contribution in [1.82, 2.24) is 30.4 Å². The number of aryl methyl sites for hydroxylation is 1.